The Balaban J connectivity index is 4.66. The molecule has 0 bridgehead atoms. The highest BCUT2D eigenvalue weighted by atomic mass is 35.5. The van der Waals surface area contributed by atoms with Gasteiger partial charge in [-0.3, -0.25) is 9.59 Å². The van der Waals surface area contributed by atoms with Gasteiger partial charge in [0.05, 0.1) is 18.1 Å². The van der Waals surface area contributed by atoms with Gasteiger partial charge in [0.25, 0.3) is 5.91 Å². The molecule has 9 heteroatoms. The molecule has 0 saturated carbocycles. The van der Waals surface area contributed by atoms with Crippen molar-refractivity contribution in [3.05, 3.63) is 21.7 Å². The normalized spacial score (nSPS) is 14.2. The molecule has 0 heterocycles. The lowest BCUT2D eigenvalue weighted by Crippen LogP contribution is -2.50. The fourth-order valence-corrected chi connectivity index (χ4v) is 2.05. The number of hydrogen-bond donors (Lipinski definition) is 4. The van der Waals surface area contributed by atoms with E-state index in [1.807, 2.05) is 13.8 Å². The maximum absolute atomic E-state index is 12.0. The van der Waals surface area contributed by atoms with E-state index in [4.69, 9.17) is 23.2 Å². The Hall–Kier alpha value is -1.02. The fourth-order valence-electron chi connectivity index (χ4n) is 1.80. The van der Waals surface area contributed by atoms with Gasteiger partial charge in [-0.15, -0.1) is 0 Å². The summed E-state index contributed by atoms with van der Waals surface area (Å²) in [5.74, 6) is -1.70. The Morgan fingerprint density at radius 1 is 1.22 bits per heavy atom. The number of carbonyl (C=O) groups is 2. The molecule has 0 unspecified atom stereocenters. The van der Waals surface area contributed by atoms with E-state index in [1.54, 1.807) is 6.92 Å². The average Bonchev–Trinajstić information content (AvgIpc) is 2.40. The van der Waals surface area contributed by atoms with Gasteiger partial charge in [0.1, 0.15) is 0 Å². The van der Waals surface area contributed by atoms with Crippen molar-refractivity contribution in [3.63, 3.8) is 0 Å². The molecule has 0 saturated heterocycles. The minimum absolute atomic E-state index is 0.160. The fraction of sp³-hybridized carbons (Fsp3) is 0.571. The third kappa shape index (κ3) is 9.66. The molecule has 1 atom stereocenters. The second-order valence-corrected chi connectivity index (χ2v) is 6.74. The average molecular weight is 365 g/mol. The van der Waals surface area contributed by atoms with E-state index in [0.717, 1.165) is 0 Å². The summed E-state index contributed by atoms with van der Waals surface area (Å²) in [5.41, 5.74) is 0.160. The number of halogens is 2. The predicted octanol–water partition coefficient (Wildman–Crippen LogP) is 1.30. The topological polar surface area (TPSA) is 98.7 Å². The van der Waals surface area contributed by atoms with Crippen molar-refractivity contribution in [1.29, 1.82) is 0 Å². The molecule has 0 spiro atoms. The van der Waals surface area contributed by atoms with E-state index in [2.05, 4.69) is 10.6 Å². The van der Waals surface area contributed by atoms with Gasteiger partial charge in [-0.2, -0.15) is 0 Å². The molecule has 6 nitrogen and oxygen atoms in total. The van der Waals surface area contributed by atoms with Crippen molar-refractivity contribution < 1.29 is 19.6 Å². The van der Waals surface area contributed by atoms with E-state index in [0.29, 0.717) is 11.5 Å². The molecule has 2 amide bonds. The largest absolute Gasteiger partial charge is 0.475 e. The zero-order valence-corrected chi connectivity index (χ0v) is 15.2. The van der Waals surface area contributed by atoms with E-state index < -0.39 is 24.9 Å². The van der Waals surface area contributed by atoms with Crippen LogP contribution in [0.15, 0.2) is 21.7 Å². The molecule has 0 radical (unpaired) electrons. The van der Waals surface area contributed by atoms with Crippen molar-refractivity contribution in [2.45, 2.75) is 40.1 Å². The number of nitrogens with one attached hydrogen (secondary N) is 2. The molecule has 0 aromatic carbocycles. The lowest BCUT2D eigenvalue weighted by Gasteiger charge is -2.19. The third-order valence-corrected chi connectivity index (χ3v) is 3.11. The highest BCUT2D eigenvalue weighted by Gasteiger charge is 2.26. The Morgan fingerprint density at radius 3 is 2.17 bits per heavy atom. The van der Waals surface area contributed by atoms with Gasteiger partial charge in [0, 0.05) is 10.1 Å². The van der Waals surface area contributed by atoms with Gasteiger partial charge in [-0.05, 0) is 32.3 Å². The first-order valence-corrected chi connectivity index (χ1v) is 7.94. The van der Waals surface area contributed by atoms with Gasteiger partial charge < -0.3 is 20.7 Å². The number of amides is 2. The summed E-state index contributed by atoms with van der Waals surface area (Å²) in [6, 6.07) is 0. The van der Waals surface area contributed by atoms with Gasteiger partial charge in [-0.1, -0.05) is 37.0 Å². The number of carbonyl (C=O) groups excluding carboxylic acids is 2. The number of rotatable bonds is 8. The first-order chi connectivity index (χ1) is 10.5. The second-order valence-electron chi connectivity index (χ2n) is 5.58. The van der Waals surface area contributed by atoms with Crippen LogP contribution in [0, 0.1) is 5.92 Å². The van der Waals surface area contributed by atoms with Crippen LogP contribution in [0.2, 0.25) is 0 Å². The predicted molar refractivity (Wildman–Crippen MR) is 92.8 cm³/mol. The SMILES string of the molecule is C/C(Cl)=C(\C=C(/C)Cl)C(=O)NCC(=O)N[C@@H](CC(C)C)B(O)O. The van der Waals surface area contributed by atoms with Gasteiger partial charge >= 0.3 is 7.12 Å². The van der Waals surface area contributed by atoms with Crippen molar-refractivity contribution in [2.24, 2.45) is 5.92 Å². The monoisotopic (exact) mass is 364 g/mol. The Morgan fingerprint density at radius 2 is 1.78 bits per heavy atom. The van der Waals surface area contributed by atoms with Crippen molar-refractivity contribution >= 4 is 42.1 Å². The lowest BCUT2D eigenvalue weighted by atomic mass is 9.75. The molecule has 130 valence electrons. The van der Waals surface area contributed by atoms with Crippen LogP contribution < -0.4 is 10.6 Å². The lowest BCUT2D eigenvalue weighted by molar-refractivity contribution is -0.124. The minimum Gasteiger partial charge on any atom is -0.426 e. The van der Waals surface area contributed by atoms with Crippen molar-refractivity contribution in [3.8, 4) is 0 Å². The van der Waals surface area contributed by atoms with Crippen LogP contribution >= 0.6 is 23.2 Å². The summed E-state index contributed by atoms with van der Waals surface area (Å²) in [5, 5.41) is 24.0. The zero-order valence-electron chi connectivity index (χ0n) is 13.7. The quantitative estimate of drug-likeness (QED) is 0.296. The Kier molecular flexibility index (Phi) is 10.2. The maximum Gasteiger partial charge on any atom is 0.475 e. The van der Waals surface area contributed by atoms with E-state index in [-0.39, 0.29) is 23.1 Å². The molecule has 0 rings (SSSR count). The molecule has 0 aromatic rings. The van der Waals surface area contributed by atoms with Crippen molar-refractivity contribution in [1.82, 2.24) is 10.6 Å². The third-order valence-electron chi connectivity index (χ3n) is 2.80. The van der Waals surface area contributed by atoms with Crippen LogP contribution in [0.3, 0.4) is 0 Å². The van der Waals surface area contributed by atoms with Crippen LogP contribution in [-0.2, 0) is 9.59 Å². The summed E-state index contributed by atoms with van der Waals surface area (Å²) < 4.78 is 0. The minimum atomic E-state index is -1.67. The molecule has 0 aliphatic carbocycles. The molecule has 0 aliphatic heterocycles. The molecule has 4 N–H and O–H groups in total. The first-order valence-electron chi connectivity index (χ1n) is 7.18. The van der Waals surface area contributed by atoms with Gasteiger partial charge in [-0.25, -0.2) is 0 Å². The van der Waals surface area contributed by atoms with Crippen LogP contribution in [0.1, 0.15) is 34.1 Å². The van der Waals surface area contributed by atoms with Crippen LogP contribution in [-0.4, -0.2) is 41.5 Å². The van der Waals surface area contributed by atoms with Gasteiger partial charge in [0.15, 0.2) is 0 Å². The summed E-state index contributed by atoms with van der Waals surface area (Å²) in [7, 11) is -1.67. The standard InChI is InChI=1S/C14H23BCl2N2O4/c1-8(2)5-12(15(22)23)19-13(20)7-18-14(21)11(10(4)17)6-9(3)16/h6,8,12,22-23H,5,7H2,1-4H3,(H,18,21)(H,19,20)/b9-6+,11-10-/t12-/m0/s1. The Labute approximate surface area is 147 Å². The summed E-state index contributed by atoms with van der Waals surface area (Å²) in [6.07, 6.45) is 1.80. The zero-order chi connectivity index (χ0) is 18.2. The Bertz CT molecular complexity index is 485. The van der Waals surface area contributed by atoms with Crippen LogP contribution in [0.4, 0.5) is 0 Å². The number of allylic oxidation sites excluding steroid dienone is 2. The smallest absolute Gasteiger partial charge is 0.426 e. The van der Waals surface area contributed by atoms with Crippen LogP contribution in [0.5, 0.6) is 0 Å². The molecule has 0 aliphatic rings. The highest BCUT2D eigenvalue weighted by Crippen LogP contribution is 2.14. The van der Waals surface area contributed by atoms with E-state index >= 15 is 0 Å². The molecule has 23 heavy (non-hydrogen) atoms. The summed E-state index contributed by atoms with van der Waals surface area (Å²) >= 11 is 11.6. The van der Waals surface area contributed by atoms with Crippen LogP contribution in [0.25, 0.3) is 0 Å². The summed E-state index contributed by atoms with van der Waals surface area (Å²) in [6.45, 7) is 6.60. The van der Waals surface area contributed by atoms with Gasteiger partial charge in [0.2, 0.25) is 5.91 Å². The second kappa shape index (κ2) is 10.7. The van der Waals surface area contributed by atoms with E-state index in [1.165, 1.54) is 13.0 Å². The van der Waals surface area contributed by atoms with Crippen molar-refractivity contribution in [2.75, 3.05) is 6.54 Å². The molecular formula is C14H23BCl2N2O4. The first kappa shape index (κ1) is 22.0. The highest BCUT2D eigenvalue weighted by molar-refractivity contribution is 6.43. The van der Waals surface area contributed by atoms with E-state index in [9.17, 15) is 19.6 Å². The molecular weight excluding hydrogens is 342 g/mol. The maximum atomic E-state index is 12.0. The molecule has 0 aromatic heterocycles. The summed E-state index contributed by atoms with van der Waals surface area (Å²) in [4.78, 5) is 23.8. The molecule has 0 fully saturated rings. The number of hydrogen-bond acceptors (Lipinski definition) is 4.